The summed E-state index contributed by atoms with van der Waals surface area (Å²) in [4.78, 5) is 1.39. The molecule has 1 N–H and O–H groups in total. The molecule has 84 valence electrons. The summed E-state index contributed by atoms with van der Waals surface area (Å²) in [5, 5.41) is 3.17. The first-order valence-electron chi connectivity index (χ1n) is 5.31. The van der Waals surface area contributed by atoms with Gasteiger partial charge in [-0.15, -0.1) is 11.8 Å². The first-order chi connectivity index (χ1) is 7.36. The minimum absolute atomic E-state index is 0.956. The summed E-state index contributed by atoms with van der Waals surface area (Å²) < 4.78 is 0. The fourth-order valence-electron chi connectivity index (χ4n) is 1.31. The van der Waals surface area contributed by atoms with Crippen molar-refractivity contribution in [3.63, 3.8) is 0 Å². The van der Waals surface area contributed by atoms with E-state index in [9.17, 15) is 0 Å². The van der Waals surface area contributed by atoms with E-state index in [1.54, 1.807) is 0 Å². The molecular weight excluding hydrogens is 222 g/mol. The fourth-order valence-corrected chi connectivity index (χ4v) is 3.05. The van der Waals surface area contributed by atoms with E-state index in [0.717, 1.165) is 6.54 Å². The first-order valence-corrected chi connectivity index (χ1v) is 7.45. The molecule has 15 heavy (non-hydrogen) atoms. The smallest absolute Gasteiger partial charge is 0.0202 e. The van der Waals surface area contributed by atoms with Crippen LogP contribution in [0.25, 0.3) is 0 Å². The molecule has 0 fully saturated rings. The maximum atomic E-state index is 3.17. The van der Waals surface area contributed by atoms with Gasteiger partial charge in [-0.05, 0) is 30.5 Å². The van der Waals surface area contributed by atoms with Crippen LogP contribution in [0.15, 0.2) is 29.2 Å². The highest BCUT2D eigenvalue weighted by atomic mass is 32.2. The lowest BCUT2D eigenvalue weighted by Gasteiger charge is -2.04. The Morgan fingerprint density at radius 2 is 2.13 bits per heavy atom. The van der Waals surface area contributed by atoms with Crippen LogP contribution in [0.2, 0.25) is 0 Å². The number of thioether (sulfide) groups is 2. The Morgan fingerprint density at radius 3 is 2.87 bits per heavy atom. The SMILES string of the molecule is CCSCCSc1cccc(CNC)c1. The summed E-state index contributed by atoms with van der Waals surface area (Å²) in [6.45, 7) is 3.17. The molecule has 0 radical (unpaired) electrons. The lowest BCUT2D eigenvalue weighted by molar-refractivity contribution is 0.815. The van der Waals surface area contributed by atoms with Crippen LogP contribution < -0.4 is 5.32 Å². The molecular formula is C12H19NS2. The first kappa shape index (κ1) is 12.9. The summed E-state index contributed by atoms with van der Waals surface area (Å²) in [6, 6.07) is 8.78. The van der Waals surface area contributed by atoms with Gasteiger partial charge in [0.05, 0.1) is 0 Å². The van der Waals surface area contributed by atoms with E-state index in [1.165, 1.54) is 27.7 Å². The molecule has 0 saturated heterocycles. The summed E-state index contributed by atoms with van der Waals surface area (Å²) in [5.74, 6) is 3.68. The van der Waals surface area contributed by atoms with Crippen molar-refractivity contribution in [3.8, 4) is 0 Å². The highest BCUT2D eigenvalue weighted by Crippen LogP contribution is 2.20. The number of hydrogen-bond acceptors (Lipinski definition) is 3. The summed E-state index contributed by atoms with van der Waals surface area (Å²) in [5.41, 5.74) is 1.37. The predicted molar refractivity (Wildman–Crippen MR) is 72.9 cm³/mol. The van der Waals surface area contributed by atoms with Crippen LogP contribution >= 0.6 is 23.5 Å². The molecule has 0 spiro atoms. The Balaban J connectivity index is 2.36. The van der Waals surface area contributed by atoms with E-state index in [0.29, 0.717) is 0 Å². The van der Waals surface area contributed by atoms with E-state index in [-0.39, 0.29) is 0 Å². The predicted octanol–water partition coefficient (Wildman–Crippen LogP) is 3.25. The van der Waals surface area contributed by atoms with Gasteiger partial charge in [0.25, 0.3) is 0 Å². The van der Waals surface area contributed by atoms with Crippen molar-refractivity contribution in [1.29, 1.82) is 0 Å². The quantitative estimate of drug-likeness (QED) is 0.581. The van der Waals surface area contributed by atoms with Crippen molar-refractivity contribution in [2.24, 2.45) is 0 Å². The molecule has 3 heteroatoms. The van der Waals surface area contributed by atoms with E-state index in [2.05, 4.69) is 36.5 Å². The Kier molecular flexibility index (Phi) is 6.98. The molecule has 0 aliphatic heterocycles. The minimum Gasteiger partial charge on any atom is -0.316 e. The van der Waals surface area contributed by atoms with E-state index >= 15 is 0 Å². The monoisotopic (exact) mass is 241 g/mol. The van der Waals surface area contributed by atoms with Crippen LogP contribution in [0.1, 0.15) is 12.5 Å². The Labute approximate surface area is 101 Å². The van der Waals surface area contributed by atoms with Gasteiger partial charge in [-0.2, -0.15) is 11.8 Å². The summed E-state index contributed by atoms with van der Waals surface area (Å²) in [7, 11) is 1.98. The van der Waals surface area contributed by atoms with Crippen molar-refractivity contribution in [2.75, 3.05) is 24.3 Å². The number of nitrogens with one attached hydrogen (secondary N) is 1. The zero-order chi connectivity index (χ0) is 10.9. The molecule has 0 saturated carbocycles. The number of hydrogen-bond donors (Lipinski definition) is 1. The molecule has 0 aliphatic carbocycles. The van der Waals surface area contributed by atoms with Gasteiger partial charge in [0.15, 0.2) is 0 Å². The highest BCUT2D eigenvalue weighted by Gasteiger charge is 1.96. The Hall–Kier alpha value is -0.120. The van der Waals surface area contributed by atoms with Crippen molar-refractivity contribution < 1.29 is 0 Å². The second-order valence-corrected chi connectivity index (χ2v) is 5.79. The van der Waals surface area contributed by atoms with Gasteiger partial charge in [-0.25, -0.2) is 0 Å². The topological polar surface area (TPSA) is 12.0 Å². The van der Waals surface area contributed by atoms with E-state index < -0.39 is 0 Å². The van der Waals surface area contributed by atoms with Crippen molar-refractivity contribution in [3.05, 3.63) is 29.8 Å². The second-order valence-electron chi connectivity index (χ2n) is 3.22. The van der Waals surface area contributed by atoms with Crippen LogP contribution in [0.4, 0.5) is 0 Å². The zero-order valence-electron chi connectivity index (χ0n) is 9.45. The molecule has 0 aromatic heterocycles. The molecule has 0 unspecified atom stereocenters. The van der Waals surface area contributed by atoms with Gasteiger partial charge >= 0.3 is 0 Å². The molecule has 1 aromatic rings. The molecule has 1 nitrogen and oxygen atoms in total. The maximum absolute atomic E-state index is 3.17. The molecule has 1 aromatic carbocycles. The Morgan fingerprint density at radius 1 is 1.27 bits per heavy atom. The normalized spacial score (nSPS) is 10.5. The van der Waals surface area contributed by atoms with Gasteiger partial charge in [-0.3, -0.25) is 0 Å². The van der Waals surface area contributed by atoms with E-state index in [1.807, 2.05) is 30.6 Å². The average molecular weight is 241 g/mol. The number of benzene rings is 1. The van der Waals surface area contributed by atoms with Gasteiger partial charge in [-0.1, -0.05) is 19.1 Å². The van der Waals surface area contributed by atoms with Crippen LogP contribution in [0.5, 0.6) is 0 Å². The van der Waals surface area contributed by atoms with Gasteiger partial charge in [0, 0.05) is 22.9 Å². The highest BCUT2D eigenvalue weighted by molar-refractivity contribution is 8.02. The zero-order valence-corrected chi connectivity index (χ0v) is 11.1. The van der Waals surface area contributed by atoms with Crippen LogP contribution in [0.3, 0.4) is 0 Å². The summed E-state index contributed by atoms with van der Waals surface area (Å²) in [6.07, 6.45) is 0. The average Bonchev–Trinajstić information content (AvgIpc) is 2.26. The van der Waals surface area contributed by atoms with Gasteiger partial charge < -0.3 is 5.32 Å². The van der Waals surface area contributed by atoms with Crippen LogP contribution in [-0.4, -0.2) is 24.3 Å². The largest absolute Gasteiger partial charge is 0.316 e. The second kappa shape index (κ2) is 8.08. The molecule has 0 heterocycles. The van der Waals surface area contributed by atoms with Crippen molar-refractivity contribution in [2.45, 2.75) is 18.4 Å². The molecule has 0 bridgehead atoms. The fraction of sp³-hybridized carbons (Fsp3) is 0.500. The third kappa shape index (κ3) is 5.50. The van der Waals surface area contributed by atoms with E-state index in [4.69, 9.17) is 0 Å². The number of rotatable bonds is 7. The third-order valence-electron chi connectivity index (χ3n) is 1.98. The van der Waals surface area contributed by atoms with Crippen LogP contribution in [0, 0.1) is 0 Å². The molecule has 0 atom stereocenters. The third-order valence-corrected chi connectivity index (χ3v) is 4.13. The lowest BCUT2D eigenvalue weighted by Crippen LogP contribution is -2.04. The minimum atomic E-state index is 0.956. The lowest BCUT2D eigenvalue weighted by atomic mass is 10.2. The standard InChI is InChI=1S/C12H19NS2/c1-3-14-7-8-15-12-6-4-5-11(9-12)10-13-2/h4-6,9,13H,3,7-8,10H2,1-2H3. The van der Waals surface area contributed by atoms with Gasteiger partial charge in [0.1, 0.15) is 0 Å². The maximum Gasteiger partial charge on any atom is 0.0202 e. The van der Waals surface area contributed by atoms with Crippen molar-refractivity contribution >= 4 is 23.5 Å². The Bertz CT molecular complexity index is 276. The molecule has 0 aliphatic rings. The van der Waals surface area contributed by atoms with Crippen LogP contribution in [-0.2, 0) is 6.54 Å². The molecule has 1 rings (SSSR count). The molecule has 0 amide bonds. The van der Waals surface area contributed by atoms with Crippen molar-refractivity contribution in [1.82, 2.24) is 5.32 Å². The van der Waals surface area contributed by atoms with Gasteiger partial charge in [0.2, 0.25) is 0 Å². The summed E-state index contributed by atoms with van der Waals surface area (Å²) >= 11 is 3.96.